The quantitative estimate of drug-likeness (QED) is 0.620. The summed E-state index contributed by atoms with van der Waals surface area (Å²) in [6, 6.07) is 0. The zero-order valence-corrected chi connectivity index (χ0v) is 16.8. The van der Waals surface area contributed by atoms with Crippen molar-refractivity contribution in [1.82, 2.24) is 19.9 Å². The molecule has 4 heterocycles. The minimum atomic E-state index is 0.103. The van der Waals surface area contributed by atoms with E-state index in [4.69, 9.17) is 4.98 Å². The van der Waals surface area contributed by atoms with Gasteiger partial charge in [0.1, 0.15) is 17.5 Å². The number of nitrogens with one attached hydrogen (secondary N) is 4. The van der Waals surface area contributed by atoms with Crippen LogP contribution in [0.15, 0.2) is 6.33 Å². The van der Waals surface area contributed by atoms with Crippen molar-refractivity contribution in [2.45, 2.75) is 59.8 Å². The Morgan fingerprint density at radius 2 is 1.69 bits per heavy atom. The molecule has 26 heavy (non-hydrogen) atoms. The Kier molecular flexibility index (Phi) is 3.86. The first-order valence-electron chi connectivity index (χ1n) is 9.74. The summed E-state index contributed by atoms with van der Waals surface area (Å²) in [5.41, 5.74) is 2.70. The predicted octanol–water partition coefficient (Wildman–Crippen LogP) is 4.10. The van der Waals surface area contributed by atoms with Crippen molar-refractivity contribution in [1.29, 1.82) is 0 Å². The molecular formula is C20H32N6. The Labute approximate surface area is 156 Å². The first kappa shape index (κ1) is 17.4. The topological polar surface area (TPSA) is 81.4 Å². The molecule has 4 rings (SSSR count). The van der Waals surface area contributed by atoms with Crippen LogP contribution in [0.2, 0.25) is 0 Å². The molecule has 4 N–H and O–H groups in total. The minimum absolute atomic E-state index is 0.103. The smallest absolute Gasteiger partial charge is 0.126 e. The van der Waals surface area contributed by atoms with E-state index in [1.807, 2.05) is 0 Å². The Balaban J connectivity index is 1.67. The summed E-state index contributed by atoms with van der Waals surface area (Å²) in [4.78, 5) is 16.5. The van der Waals surface area contributed by atoms with Gasteiger partial charge in [0.25, 0.3) is 0 Å². The summed E-state index contributed by atoms with van der Waals surface area (Å²) in [5.74, 6) is 4.46. The van der Waals surface area contributed by atoms with Crippen molar-refractivity contribution in [3.63, 3.8) is 0 Å². The van der Waals surface area contributed by atoms with Crippen LogP contribution in [0.5, 0.6) is 0 Å². The predicted molar refractivity (Wildman–Crippen MR) is 106 cm³/mol. The second-order valence-corrected chi connectivity index (χ2v) is 10.1. The molecule has 0 saturated carbocycles. The number of imidazole rings is 2. The molecular weight excluding hydrogens is 324 g/mol. The Morgan fingerprint density at radius 1 is 0.962 bits per heavy atom. The van der Waals surface area contributed by atoms with Crippen LogP contribution in [0.1, 0.15) is 70.6 Å². The van der Waals surface area contributed by atoms with E-state index in [1.165, 1.54) is 5.69 Å². The van der Waals surface area contributed by atoms with Crippen LogP contribution >= 0.6 is 0 Å². The molecule has 2 aromatic heterocycles. The van der Waals surface area contributed by atoms with Gasteiger partial charge in [-0.05, 0) is 23.2 Å². The van der Waals surface area contributed by atoms with Crippen LogP contribution in [0, 0.1) is 16.7 Å². The van der Waals surface area contributed by atoms with Gasteiger partial charge in [-0.3, -0.25) is 0 Å². The molecule has 142 valence electrons. The number of hydrogen-bond donors (Lipinski definition) is 4. The first-order chi connectivity index (χ1) is 12.1. The molecule has 0 fully saturated rings. The number of rotatable bonds is 1. The number of hydrogen-bond acceptors (Lipinski definition) is 4. The normalized spacial score (nSPS) is 25.8. The molecule has 0 amide bonds. The lowest BCUT2D eigenvalue weighted by atomic mass is 9.69. The third-order valence-corrected chi connectivity index (χ3v) is 6.14. The van der Waals surface area contributed by atoms with Gasteiger partial charge in [0.15, 0.2) is 0 Å². The van der Waals surface area contributed by atoms with Gasteiger partial charge < -0.3 is 20.6 Å². The van der Waals surface area contributed by atoms with E-state index in [9.17, 15) is 0 Å². The van der Waals surface area contributed by atoms with Gasteiger partial charge >= 0.3 is 0 Å². The maximum absolute atomic E-state index is 5.06. The third kappa shape index (κ3) is 2.89. The number of H-pyrrole nitrogens is 2. The van der Waals surface area contributed by atoms with Crippen molar-refractivity contribution < 1.29 is 0 Å². The van der Waals surface area contributed by atoms with E-state index in [2.05, 4.69) is 67.1 Å². The SMILES string of the molecule is CC(C)(C)C1CNc2[nH]c(C3CNc4[nH]cnc4C3C(C)(C)C)nc2C1. The zero-order valence-electron chi connectivity index (χ0n) is 16.8. The lowest BCUT2D eigenvalue weighted by molar-refractivity contribution is 0.245. The van der Waals surface area contributed by atoms with Gasteiger partial charge in [-0.1, -0.05) is 41.5 Å². The van der Waals surface area contributed by atoms with Crippen molar-refractivity contribution in [3.8, 4) is 0 Å². The monoisotopic (exact) mass is 356 g/mol. The molecule has 0 aromatic carbocycles. The summed E-state index contributed by atoms with van der Waals surface area (Å²) in [5, 5.41) is 7.09. The third-order valence-electron chi connectivity index (χ3n) is 6.14. The van der Waals surface area contributed by atoms with E-state index in [0.717, 1.165) is 42.7 Å². The van der Waals surface area contributed by atoms with Crippen LogP contribution in [0.3, 0.4) is 0 Å². The Bertz CT molecular complexity index is 788. The van der Waals surface area contributed by atoms with E-state index < -0.39 is 0 Å². The summed E-state index contributed by atoms with van der Waals surface area (Å²) in [6.45, 7) is 15.7. The van der Waals surface area contributed by atoms with Crippen LogP contribution in [-0.2, 0) is 6.42 Å². The molecule has 2 aromatic rings. The molecule has 6 nitrogen and oxygen atoms in total. The fraction of sp³-hybridized carbons (Fsp3) is 0.700. The molecule has 2 aliphatic rings. The molecule has 0 radical (unpaired) electrons. The lowest BCUT2D eigenvalue weighted by Crippen LogP contribution is -2.34. The second kappa shape index (κ2) is 5.76. The first-order valence-corrected chi connectivity index (χ1v) is 9.74. The standard InChI is InChI=1S/C20H32N6/c1-19(2,3)11-7-13-17(21-8-11)26-16(25-13)12-9-22-18-15(23-10-24-18)14(12)20(4,5)6/h10-12,14,21-22H,7-9H2,1-6H3,(H,23,24)(H,25,26). The Hall–Kier alpha value is -1.98. The van der Waals surface area contributed by atoms with E-state index in [0.29, 0.717) is 11.8 Å². The average Bonchev–Trinajstić information content (AvgIpc) is 3.17. The van der Waals surface area contributed by atoms with Crippen molar-refractivity contribution >= 4 is 11.6 Å². The maximum Gasteiger partial charge on any atom is 0.126 e. The number of nitrogens with zero attached hydrogens (tertiary/aromatic N) is 2. The number of fused-ring (bicyclic) bond motifs is 2. The van der Waals surface area contributed by atoms with E-state index >= 15 is 0 Å². The van der Waals surface area contributed by atoms with Gasteiger partial charge in [0, 0.05) is 24.9 Å². The molecule has 3 unspecified atom stereocenters. The van der Waals surface area contributed by atoms with Crippen LogP contribution in [0.4, 0.5) is 11.6 Å². The zero-order chi connectivity index (χ0) is 18.7. The van der Waals surface area contributed by atoms with Gasteiger partial charge in [-0.15, -0.1) is 0 Å². The van der Waals surface area contributed by atoms with Gasteiger partial charge in [-0.2, -0.15) is 0 Å². The lowest BCUT2D eigenvalue weighted by Gasteiger charge is -2.39. The number of aromatic amines is 2. The largest absolute Gasteiger partial charge is 0.370 e. The maximum atomic E-state index is 5.06. The fourth-order valence-electron chi connectivity index (χ4n) is 4.51. The highest BCUT2D eigenvalue weighted by atomic mass is 15.1. The number of anilines is 2. The summed E-state index contributed by atoms with van der Waals surface area (Å²) >= 11 is 0. The van der Waals surface area contributed by atoms with Crippen molar-refractivity contribution in [2.24, 2.45) is 16.7 Å². The fourth-order valence-corrected chi connectivity index (χ4v) is 4.51. The van der Waals surface area contributed by atoms with Crippen LogP contribution < -0.4 is 10.6 Å². The average molecular weight is 357 g/mol. The van der Waals surface area contributed by atoms with E-state index in [1.54, 1.807) is 6.33 Å². The van der Waals surface area contributed by atoms with Gasteiger partial charge in [0.05, 0.1) is 17.7 Å². The molecule has 3 atom stereocenters. The molecule has 0 aliphatic carbocycles. The highest BCUT2D eigenvalue weighted by Crippen LogP contribution is 2.49. The van der Waals surface area contributed by atoms with Crippen molar-refractivity contribution in [3.05, 3.63) is 23.5 Å². The minimum Gasteiger partial charge on any atom is -0.370 e. The van der Waals surface area contributed by atoms with Crippen molar-refractivity contribution in [2.75, 3.05) is 23.7 Å². The Morgan fingerprint density at radius 3 is 2.38 bits per heavy atom. The van der Waals surface area contributed by atoms with Gasteiger partial charge in [0.2, 0.25) is 0 Å². The second-order valence-electron chi connectivity index (χ2n) is 10.1. The summed E-state index contributed by atoms with van der Waals surface area (Å²) in [6.07, 6.45) is 2.83. The molecule has 0 saturated heterocycles. The highest BCUT2D eigenvalue weighted by Gasteiger charge is 2.42. The molecule has 6 heteroatoms. The summed E-state index contributed by atoms with van der Waals surface area (Å²) < 4.78 is 0. The van der Waals surface area contributed by atoms with E-state index in [-0.39, 0.29) is 16.7 Å². The highest BCUT2D eigenvalue weighted by molar-refractivity contribution is 5.50. The number of aromatic nitrogens is 4. The molecule has 0 bridgehead atoms. The van der Waals surface area contributed by atoms with Crippen LogP contribution in [-0.4, -0.2) is 33.0 Å². The molecule has 0 spiro atoms. The summed E-state index contributed by atoms with van der Waals surface area (Å²) in [7, 11) is 0. The van der Waals surface area contributed by atoms with Gasteiger partial charge in [-0.25, -0.2) is 9.97 Å². The van der Waals surface area contributed by atoms with Crippen LogP contribution in [0.25, 0.3) is 0 Å². The molecule has 2 aliphatic heterocycles.